The molecule has 1 unspecified atom stereocenters. The third-order valence-electron chi connectivity index (χ3n) is 4.87. The summed E-state index contributed by atoms with van der Waals surface area (Å²) < 4.78 is 6.33. The minimum Gasteiger partial charge on any atom is -0.508 e. The van der Waals surface area contributed by atoms with E-state index >= 15 is 0 Å². The van der Waals surface area contributed by atoms with Gasteiger partial charge in [0.1, 0.15) is 11.5 Å². The SMILES string of the molecule is CN(C)CCCONC1=C2CC2(c2ccccc2)Oc2cc(O)ccc21. The van der Waals surface area contributed by atoms with Crippen molar-refractivity contribution in [3.63, 3.8) is 0 Å². The molecule has 136 valence electrons. The van der Waals surface area contributed by atoms with Gasteiger partial charge in [-0.1, -0.05) is 30.3 Å². The Morgan fingerprint density at radius 2 is 2.00 bits per heavy atom. The fourth-order valence-electron chi connectivity index (χ4n) is 3.48. The molecular weight excluding hydrogens is 328 g/mol. The van der Waals surface area contributed by atoms with Crippen molar-refractivity contribution < 1.29 is 14.7 Å². The smallest absolute Gasteiger partial charge is 0.162 e. The maximum Gasteiger partial charge on any atom is 0.162 e. The van der Waals surface area contributed by atoms with Crippen LogP contribution in [-0.2, 0) is 10.4 Å². The number of nitrogens with one attached hydrogen (secondary N) is 1. The van der Waals surface area contributed by atoms with Crippen LogP contribution in [-0.4, -0.2) is 37.3 Å². The average molecular weight is 352 g/mol. The molecule has 0 amide bonds. The quantitative estimate of drug-likeness (QED) is 0.592. The molecule has 2 aliphatic rings. The zero-order chi connectivity index (χ0) is 18.1. The Kier molecular flexibility index (Phi) is 4.34. The van der Waals surface area contributed by atoms with E-state index in [1.54, 1.807) is 12.1 Å². The molecule has 0 radical (unpaired) electrons. The van der Waals surface area contributed by atoms with E-state index in [0.29, 0.717) is 12.4 Å². The van der Waals surface area contributed by atoms with Crippen LogP contribution in [0.15, 0.2) is 54.1 Å². The van der Waals surface area contributed by atoms with Crippen LogP contribution in [0.5, 0.6) is 11.5 Å². The molecule has 0 aromatic heterocycles. The molecule has 1 aliphatic carbocycles. The van der Waals surface area contributed by atoms with Crippen molar-refractivity contribution in [3.8, 4) is 11.5 Å². The molecule has 2 aromatic carbocycles. The lowest BCUT2D eigenvalue weighted by atomic mass is 10.0. The third-order valence-corrected chi connectivity index (χ3v) is 4.87. The molecular formula is C21H24N2O3. The van der Waals surface area contributed by atoms with Gasteiger partial charge in [-0.2, -0.15) is 0 Å². The predicted octanol–water partition coefficient (Wildman–Crippen LogP) is 3.27. The molecule has 1 atom stereocenters. The predicted molar refractivity (Wildman–Crippen MR) is 101 cm³/mol. The Balaban J connectivity index is 1.60. The lowest BCUT2D eigenvalue weighted by molar-refractivity contribution is 0.0708. The number of rotatable bonds is 7. The highest BCUT2D eigenvalue weighted by Crippen LogP contribution is 2.61. The van der Waals surface area contributed by atoms with Crippen molar-refractivity contribution in [1.82, 2.24) is 10.4 Å². The van der Waals surface area contributed by atoms with E-state index in [2.05, 4.69) is 36.6 Å². The minimum absolute atomic E-state index is 0.197. The average Bonchev–Trinajstić information content (AvgIpc) is 3.36. The van der Waals surface area contributed by atoms with Crippen LogP contribution in [0.2, 0.25) is 0 Å². The molecule has 1 aliphatic heterocycles. The van der Waals surface area contributed by atoms with Crippen molar-refractivity contribution >= 4 is 5.70 Å². The Morgan fingerprint density at radius 1 is 1.19 bits per heavy atom. The number of fused-ring (bicyclic) bond motifs is 2. The summed E-state index contributed by atoms with van der Waals surface area (Å²) in [6.07, 6.45) is 1.77. The molecule has 5 nitrogen and oxygen atoms in total. The number of benzene rings is 2. The molecule has 4 rings (SSSR count). The lowest BCUT2D eigenvalue weighted by Crippen LogP contribution is -2.25. The summed E-state index contributed by atoms with van der Waals surface area (Å²) in [7, 11) is 4.11. The van der Waals surface area contributed by atoms with Crippen molar-refractivity contribution in [2.45, 2.75) is 18.4 Å². The molecule has 2 aromatic rings. The van der Waals surface area contributed by atoms with Crippen molar-refractivity contribution in [2.75, 3.05) is 27.2 Å². The number of hydrogen-bond donors (Lipinski definition) is 2. The van der Waals surface area contributed by atoms with Gasteiger partial charge >= 0.3 is 0 Å². The number of phenols is 1. The van der Waals surface area contributed by atoms with Crippen LogP contribution in [0, 0.1) is 0 Å². The van der Waals surface area contributed by atoms with Gasteiger partial charge in [0.2, 0.25) is 0 Å². The molecule has 0 saturated heterocycles. The minimum atomic E-state index is -0.447. The van der Waals surface area contributed by atoms with Gasteiger partial charge in [0.05, 0.1) is 12.3 Å². The van der Waals surface area contributed by atoms with Gasteiger partial charge < -0.3 is 14.7 Å². The van der Waals surface area contributed by atoms with E-state index in [9.17, 15) is 5.11 Å². The van der Waals surface area contributed by atoms with Crippen LogP contribution >= 0.6 is 0 Å². The Morgan fingerprint density at radius 3 is 2.77 bits per heavy atom. The highest BCUT2D eigenvalue weighted by molar-refractivity contribution is 5.80. The van der Waals surface area contributed by atoms with Crippen LogP contribution in [0.4, 0.5) is 0 Å². The van der Waals surface area contributed by atoms with Gasteiger partial charge in [-0.15, -0.1) is 0 Å². The first-order valence-corrected chi connectivity index (χ1v) is 8.94. The number of nitrogens with zero attached hydrogens (tertiary/aromatic N) is 1. The lowest BCUT2D eigenvalue weighted by Gasteiger charge is -2.26. The maximum absolute atomic E-state index is 9.87. The van der Waals surface area contributed by atoms with E-state index < -0.39 is 5.60 Å². The molecule has 2 N–H and O–H groups in total. The normalized spacial score (nSPS) is 20.4. The second-order valence-electron chi connectivity index (χ2n) is 7.11. The largest absolute Gasteiger partial charge is 0.508 e. The van der Waals surface area contributed by atoms with E-state index in [1.807, 2.05) is 24.3 Å². The fourth-order valence-corrected chi connectivity index (χ4v) is 3.48. The number of aromatic hydroxyl groups is 1. The molecule has 1 fully saturated rings. The van der Waals surface area contributed by atoms with Crippen molar-refractivity contribution in [1.29, 1.82) is 0 Å². The summed E-state index contributed by atoms with van der Waals surface area (Å²) in [4.78, 5) is 7.87. The first kappa shape index (κ1) is 16.9. The standard InChI is InChI=1S/C21H24N2O3/c1-23(2)11-6-12-25-22-20-17-10-9-16(24)13-19(17)26-21(14-18(20)21)15-7-4-3-5-8-15/h3-5,7-10,13,22,24H,6,11-12,14H2,1-2H3. The summed E-state index contributed by atoms with van der Waals surface area (Å²) in [6.45, 7) is 1.61. The summed E-state index contributed by atoms with van der Waals surface area (Å²) in [5.41, 5.74) is 6.90. The van der Waals surface area contributed by atoms with Crippen LogP contribution in [0.25, 0.3) is 5.70 Å². The second kappa shape index (κ2) is 6.67. The van der Waals surface area contributed by atoms with Gasteiger partial charge in [-0.05, 0) is 39.2 Å². The number of ether oxygens (including phenoxy) is 1. The summed E-state index contributed by atoms with van der Waals surface area (Å²) >= 11 is 0. The van der Waals surface area contributed by atoms with Crippen LogP contribution < -0.4 is 10.2 Å². The van der Waals surface area contributed by atoms with E-state index in [4.69, 9.17) is 9.57 Å². The Hall–Kier alpha value is -2.50. The molecule has 1 heterocycles. The Bertz CT molecular complexity index is 832. The highest BCUT2D eigenvalue weighted by Gasteiger charge is 2.58. The van der Waals surface area contributed by atoms with E-state index in [-0.39, 0.29) is 5.75 Å². The zero-order valence-corrected chi connectivity index (χ0v) is 15.2. The second-order valence-corrected chi connectivity index (χ2v) is 7.11. The number of phenolic OH excluding ortho intramolecular Hbond substituents is 1. The molecule has 1 saturated carbocycles. The summed E-state index contributed by atoms with van der Waals surface area (Å²) in [6, 6.07) is 15.4. The van der Waals surface area contributed by atoms with Gasteiger partial charge in [-0.3, -0.25) is 10.3 Å². The fraction of sp³-hybridized carbons (Fsp3) is 0.333. The Labute approximate surface area is 153 Å². The topological polar surface area (TPSA) is 54.0 Å². The van der Waals surface area contributed by atoms with Gasteiger partial charge in [0, 0.05) is 29.2 Å². The molecule has 0 spiro atoms. The van der Waals surface area contributed by atoms with E-state index in [1.165, 1.54) is 5.57 Å². The maximum atomic E-state index is 9.87. The first-order chi connectivity index (χ1) is 12.6. The summed E-state index contributed by atoms with van der Waals surface area (Å²) in [5.74, 6) is 0.872. The van der Waals surface area contributed by atoms with Crippen LogP contribution in [0.1, 0.15) is 24.0 Å². The summed E-state index contributed by atoms with van der Waals surface area (Å²) in [5, 5.41) is 9.87. The van der Waals surface area contributed by atoms with Gasteiger partial charge in [-0.25, -0.2) is 0 Å². The van der Waals surface area contributed by atoms with Crippen molar-refractivity contribution in [3.05, 3.63) is 65.2 Å². The molecule has 0 bridgehead atoms. The zero-order valence-electron chi connectivity index (χ0n) is 15.2. The van der Waals surface area contributed by atoms with Gasteiger partial charge in [0.25, 0.3) is 0 Å². The van der Waals surface area contributed by atoms with Crippen molar-refractivity contribution in [2.24, 2.45) is 0 Å². The molecule has 26 heavy (non-hydrogen) atoms. The number of hydroxylamine groups is 1. The van der Waals surface area contributed by atoms with Crippen LogP contribution in [0.3, 0.4) is 0 Å². The monoisotopic (exact) mass is 352 g/mol. The third kappa shape index (κ3) is 3.04. The number of hydrogen-bond acceptors (Lipinski definition) is 5. The van der Waals surface area contributed by atoms with Gasteiger partial charge in [0.15, 0.2) is 5.60 Å². The molecule has 5 heteroatoms. The first-order valence-electron chi connectivity index (χ1n) is 8.94. The highest BCUT2D eigenvalue weighted by atomic mass is 16.6. The van der Waals surface area contributed by atoms with E-state index in [0.717, 1.165) is 36.2 Å².